The van der Waals surface area contributed by atoms with E-state index in [1.165, 1.54) is 0 Å². The topological polar surface area (TPSA) is 60.9 Å². The van der Waals surface area contributed by atoms with Crippen LogP contribution in [0, 0.1) is 0 Å². The molecule has 1 amide bonds. The summed E-state index contributed by atoms with van der Waals surface area (Å²) in [5, 5.41) is 9.03. The molecule has 5 heteroatoms. The zero-order valence-corrected chi connectivity index (χ0v) is 9.56. The Balaban J connectivity index is 2.06. The summed E-state index contributed by atoms with van der Waals surface area (Å²) in [6.45, 7) is 1.53. The van der Waals surface area contributed by atoms with Crippen LogP contribution in [0.5, 0.6) is 0 Å². The Bertz CT molecular complexity index is 306. The van der Waals surface area contributed by atoms with Crippen LogP contribution in [0.4, 0.5) is 0 Å². The van der Waals surface area contributed by atoms with E-state index in [2.05, 4.69) is 0 Å². The fourth-order valence-corrected chi connectivity index (χ4v) is 2.70. The highest BCUT2D eigenvalue weighted by molar-refractivity contribution is 5.87. The second-order valence-corrected chi connectivity index (χ2v) is 4.67. The van der Waals surface area contributed by atoms with Gasteiger partial charge in [0.15, 0.2) is 0 Å². The number of carbonyl (C=O) groups excluding carboxylic acids is 1. The molecule has 16 heavy (non-hydrogen) atoms. The van der Waals surface area contributed by atoms with Gasteiger partial charge in [0.25, 0.3) is 0 Å². The van der Waals surface area contributed by atoms with Crippen molar-refractivity contribution in [2.24, 2.45) is 0 Å². The molecule has 2 fully saturated rings. The van der Waals surface area contributed by atoms with Gasteiger partial charge in [0.05, 0.1) is 6.04 Å². The highest BCUT2D eigenvalue weighted by Crippen LogP contribution is 2.23. The van der Waals surface area contributed by atoms with Crippen molar-refractivity contribution in [2.45, 2.75) is 37.8 Å². The minimum absolute atomic E-state index is 0.00454. The molecule has 2 aliphatic heterocycles. The number of nitrogens with zero attached hydrogens (tertiary/aromatic N) is 2. The maximum atomic E-state index is 12.2. The van der Waals surface area contributed by atoms with Gasteiger partial charge in [0.1, 0.15) is 6.04 Å². The van der Waals surface area contributed by atoms with Crippen LogP contribution >= 0.6 is 0 Å². The van der Waals surface area contributed by atoms with Gasteiger partial charge < -0.3 is 10.0 Å². The van der Waals surface area contributed by atoms with Crippen LogP contribution in [0.1, 0.15) is 25.7 Å². The number of hydrogen-bond donors (Lipinski definition) is 1. The molecule has 0 radical (unpaired) electrons. The molecule has 5 nitrogen and oxygen atoms in total. The Morgan fingerprint density at radius 3 is 2.31 bits per heavy atom. The largest absolute Gasteiger partial charge is 0.480 e. The Morgan fingerprint density at radius 2 is 1.75 bits per heavy atom. The van der Waals surface area contributed by atoms with E-state index in [4.69, 9.17) is 5.11 Å². The van der Waals surface area contributed by atoms with Crippen molar-refractivity contribution in [3.05, 3.63) is 0 Å². The van der Waals surface area contributed by atoms with Gasteiger partial charge in [-0.15, -0.1) is 0 Å². The molecule has 2 rings (SSSR count). The van der Waals surface area contributed by atoms with Crippen molar-refractivity contribution < 1.29 is 14.7 Å². The molecule has 90 valence electrons. The maximum Gasteiger partial charge on any atom is 0.326 e. The van der Waals surface area contributed by atoms with Crippen molar-refractivity contribution in [1.82, 2.24) is 9.80 Å². The van der Waals surface area contributed by atoms with Crippen LogP contribution in [0.15, 0.2) is 0 Å². The molecule has 2 aliphatic rings. The molecule has 0 aliphatic carbocycles. The van der Waals surface area contributed by atoms with E-state index in [0.29, 0.717) is 13.0 Å². The number of rotatable bonds is 2. The quantitative estimate of drug-likeness (QED) is 0.728. The number of likely N-dealkylation sites (tertiary alicyclic amines) is 2. The lowest BCUT2D eigenvalue weighted by atomic mass is 10.1. The van der Waals surface area contributed by atoms with E-state index < -0.39 is 12.0 Å². The van der Waals surface area contributed by atoms with E-state index in [1.807, 2.05) is 11.9 Å². The third kappa shape index (κ3) is 1.91. The van der Waals surface area contributed by atoms with Gasteiger partial charge in [-0.1, -0.05) is 0 Å². The number of carboxylic acid groups (broad SMARTS) is 1. The first-order valence-electron chi connectivity index (χ1n) is 5.85. The number of hydrogen-bond acceptors (Lipinski definition) is 3. The predicted molar refractivity (Wildman–Crippen MR) is 58.0 cm³/mol. The Morgan fingerprint density at radius 1 is 1.12 bits per heavy atom. The van der Waals surface area contributed by atoms with E-state index in [-0.39, 0.29) is 11.9 Å². The molecule has 0 bridgehead atoms. The lowest BCUT2D eigenvalue weighted by Gasteiger charge is -2.27. The van der Waals surface area contributed by atoms with E-state index in [1.54, 1.807) is 4.90 Å². The van der Waals surface area contributed by atoms with Gasteiger partial charge in [-0.05, 0) is 39.3 Å². The zero-order valence-electron chi connectivity index (χ0n) is 9.56. The molecule has 0 saturated carbocycles. The SMILES string of the molecule is CN1CCC[C@@H]1C(=O)N1CCC[C@@H]1C(=O)O. The minimum atomic E-state index is -0.869. The van der Waals surface area contributed by atoms with Crippen LogP contribution in [-0.4, -0.2) is 59.0 Å². The highest BCUT2D eigenvalue weighted by Gasteiger charge is 2.39. The zero-order chi connectivity index (χ0) is 11.7. The smallest absolute Gasteiger partial charge is 0.326 e. The van der Waals surface area contributed by atoms with Gasteiger partial charge in [0, 0.05) is 6.54 Å². The van der Waals surface area contributed by atoms with Crippen molar-refractivity contribution in [3.8, 4) is 0 Å². The predicted octanol–water partition coefficient (Wildman–Crippen LogP) is 0.156. The van der Waals surface area contributed by atoms with Crippen molar-refractivity contribution in [1.29, 1.82) is 0 Å². The van der Waals surface area contributed by atoms with Crippen LogP contribution < -0.4 is 0 Å². The third-order valence-corrected chi connectivity index (χ3v) is 3.63. The second kappa shape index (κ2) is 4.41. The van der Waals surface area contributed by atoms with Crippen LogP contribution in [-0.2, 0) is 9.59 Å². The second-order valence-electron chi connectivity index (χ2n) is 4.67. The van der Waals surface area contributed by atoms with E-state index in [0.717, 1.165) is 25.8 Å². The average molecular weight is 226 g/mol. The minimum Gasteiger partial charge on any atom is -0.480 e. The lowest BCUT2D eigenvalue weighted by molar-refractivity contribution is -0.149. The van der Waals surface area contributed by atoms with Gasteiger partial charge in [-0.25, -0.2) is 4.79 Å². The van der Waals surface area contributed by atoms with Crippen molar-refractivity contribution in [2.75, 3.05) is 20.1 Å². The number of carboxylic acids is 1. The van der Waals surface area contributed by atoms with Gasteiger partial charge >= 0.3 is 5.97 Å². The fraction of sp³-hybridized carbons (Fsp3) is 0.818. The molecule has 0 aromatic heterocycles. The summed E-state index contributed by atoms with van der Waals surface area (Å²) in [5.41, 5.74) is 0. The molecule has 2 heterocycles. The molecular weight excluding hydrogens is 208 g/mol. The fourth-order valence-electron chi connectivity index (χ4n) is 2.70. The van der Waals surface area contributed by atoms with Crippen molar-refractivity contribution >= 4 is 11.9 Å². The molecule has 0 aromatic carbocycles. The molecule has 0 unspecified atom stereocenters. The maximum absolute atomic E-state index is 12.2. The molecule has 2 atom stereocenters. The summed E-state index contributed by atoms with van der Waals surface area (Å²) in [5.74, 6) is -0.864. The van der Waals surface area contributed by atoms with E-state index in [9.17, 15) is 9.59 Å². The van der Waals surface area contributed by atoms with Crippen molar-refractivity contribution in [3.63, 3.8) is 0 Å². The first-order valence-corrected chi connectivity index (χ1v) is 5.85. The summed E-state index contributed by atoms with van der Waals surface area (Å²) in [6, 6.07) is -0.693. The van der Waals surface area contributed by atoms with Gasteiger partial charge in [-0.2, -0.15) is 0 Å². The van der Waals surface area contributed by atoms with Crippen LogP contribution in [0.3, 0.4) is 0 Å². The molecular formula is C11H18N2O3. The number of carbonyl (C=O) groups is 2. The molecule has 2 saturated heterocycles. The Labute approximate surface area is 95.0 Å². The number of likely N-dealkylation sites (N-methyl/N-ethyl adjacent to an activating group) is 1. The standard InChI is InChI=1S/C11H18N2O3/c1-12-6-2-4-8(12)10(14)13-7-3-5-9(13)11(15)16/h8-9H,2-7H2,1H3,(H,15,16)/t8-,9-/m1/s1. The summed E-state index contributed by atoms with van der Waals surface area (Å²) in [4.78, 5) is 26.8. The van der Waals surface area contributed by atoms with E-state index >= 15 is 0 Å². The summed E-state index contributed by atoms with van der Waals surface area (Å²) in [6.07, 6.45) is 3.29. The molecule has 0 aromatic rings. The summed E-state index contributed by atoms with van der Waals surface area (Å²) in [7, 11) is 1.93. The summed E-state index contributed by atoms with van der Waals surface area (Å²) < 4.78 is 0. The van der Waals surface area contributed by atoms with Gasteiger partial charge in [0.2, 0.25) is 5.91 Å². The number of amides is 1. The first-order chi connectivity index (χ1) is 7.61. The number of aliphatic carboxylic acids is 1. The van der Waals surface area contributed by atoms with Crippen LogP contribution in [0.2, 0.25) is 0 Å². The first kappa shape index (κ1) is 11.4. The monoisotopic (exact) mass is 226 g/mol. The Kier molecular flexibility index (Phi) is 3.14. The lowest BCUT2D eigenvalue weighted by Crippen LogP contribution is -2.48. The third-order valence-electron chi connectivity index (χ3n) is 3.63. The highest BCUT2D eigenvalue weighted by atomic mass is 16.4. The Hall–Kier alpha value is -1.10. The van der Waals surface area contributed by atoms with Gasteiger partial charge in [-0.3, -0.25) is 9.69 Å². The average Bonchev–Trinajstić information content (AvgIpc) is 2.84. The summed E-state index contributed by atoms with van der Waals surface area (Å²) >= 11 is 0. The molecule has 0 spiro atoms. The molecule has 1 N–H and O–H groups in total. The van der Waals surface area contributed by atoms with Crippen LogP contribution in [0.25, 0.3) is 0 Å². The normalized spacial score (nSPS) is 30.9.